The van der Waals surface area contributed by atoms with Gasteiger partial charge in [0.15, 0.2) is 0 Å². The van der Waals surface area contributed by atoms with Crippen molar-refractivity contribution < 1.29 is 18.7 Å². The Bertz CT molecular complexity index is 146. The second-order valence-electron chi connectivity index (χ2n) is 2.14. The molecule has 1 amide bonds. The van der Waals surface area contributed by atoms with Crippen molar-refractivity contribution in [1.82, 2.24) is 5.32 Å². The highest BCUT2D eigenvalue weighted by Crippen LogP contribution is 1.98. The van der Waals surface area contributed by atoms with E-state index in [0.717, 1.165) is 0 Å². The largest absolute Gasteiger partial charge is 0.385 e. The van der Waals surface area contributed by atoms with Crippen LogP contribution in [-0.2, 0) is 4.79 Å². The van der Waals surface area contributed by atoms with Gasteiger partial charge < -0.3 is 10.4 Å². The summed E-state index contributed by atoms with van der Waals surface area (Å²) in [7, 11) is 0. The third kappa shape index (κ3) is 5.31. The summed E-state index contributed by atoms with van der Waals surface area (Å²) in [6.07, 6.45) is -2.85. The number of hydrogen-bond donors (Lipinski definition) is 2. The molecule has 2 N–H and O–H groups in total. The molecule has 0 aliphatic heterocycles. The molecule has 0 spiro atoms. The summed E-state index contributed by atoms with van der Waals surface area (Å²) >= 11 is 1.29. The van der Waals surface area contributed by atoms with Gasteiger partial charge in [0.25, 0.3) is 6.43 Å². The minimum atomic E-state index is -2.81. The lowest BCUT2D eigenvalue weighted by Gasteiger charge is -2.09. The average Bonchev–Trinajstić information content (AvgIpc) is 2.00. The number of alkyl halides is 2. The van der Waals surface area contributed by atoms with Crippen molar-refractivity contribution in [2.24, 2.45) is 0 Å². The summed E-state index contributed by atoms with van der Waals surface area (Å²) in [4.78, 5) is 10.7. The van der Waals surface area contributed by atoms with Crippen molar-refractivity contribution in [3.63, 3.8) is 0 Å². The van der Waals surface area contributed by atoms with Crippen LogP contribution >= 0.6 is 11.8 Å². The molecule has 1 atom stereocenters. The summed E-state index contributed by atoms with van der Waals surface area (Å²) < 4.78 is 23.3. The maximum atomic E-state index is 11.7. The SMILES string of the molecule is CSCC(=O)NCC(O)C(F)F. The molecule has 0 aliphatic carbocycles. The first-order valence-corrected chi connectivity index (χ1v) is 4.69. The maximum absolute atomic E-state index is 11.7. The predicted molar refractivity (Wildman–Crippen MR) is 43.4 cm³/mol. The van der Waals surface area contributed by atoms with Gasteiger partial charge in [0, 0.05) is 6.54 Å². The molecule has 0 bridgehead atoms. The van der Waals surface area contributed by atoms with Gasteiger partial charge in [-0.2, -0.15) is 11.8 Å². The van der Waals surface area contributed by atoms with Gasteiger partial charge in [0.2, 0.25) is 5.91 Å². The zero-order valence-corrected chi connectivity index (χ0v) is 7.41. The molecule has 3 nitrogen and oxygen atoms in total. The number of halogens is 2. The van der Waals surface area contributed by atoms with Gasteiger partial charge in [-0.1, -0.05) is 0 Å². The zero-order chi connectivity index (χ0) is 9.56. The lowest BCUT2D eigenvalue weighted by Crippen LogP contribution is -2.36. The number of carbonyl (C=O) groups is 1. The molecular weight excluding hydrogens is 188 g/mol. The van der Waals surface area contributed by atoms with Gasteiger partial charge in [0.1, 0.15) is 6.10 Å². The fourth-order valence-electron chi connectivity index (χ4n) is 0.490. The molecule has 0 fully saturated rings. The normalized spacial score (nSPS) is 13.1. The van der Waals surface area contributed by atoms with Crippen molar-refractivity contribution in [3.8, 4) is 0 Å². The fraction of sp³-hybridized carbons (Fsp3) is 0.833. The molecule has 12 heavy (non-hydrogen) atoms. The monoisotopic (exact) mass is 199 g/mol. The summed E-state index contributed by atoms with van der Waals surface area (Å²) in [5.41, 5.74) is 0. The van der Waals surface area contributed by atoms with Crippen LogP contribution in [0.15, 0.2) is 0 Å². The van der Waals surface area contributed by atoms with Crippen LogP contribution in [0.2, 0.25) is 0 Å². The van der Waals surface area contributed by atoms with Crippen LogP contribution in [0.4, 0.5) is 8.78 Å². The number of hydrogen-bond acceptors (Lipinski definition) is 3. The third-order valence-electron chi connectivity index (χ3n) is 1.07. The second-order valence-corrected chi connectivity index (χ2v) is 3.00. The van der Waals surface area contributed by atoms with E-state index in [1.165, 1.54) is 11.8 Å². The summed E-state index contributed by atoms with van der Waals surface area (Å²) in [6.45, 7) is -0.392. The van der Waals surface area contributed by atoms with Crippen LogP contribution in [0.3, 0.4) is 0 Å². The molecule has 0 rings (SSSR count). The molecule has 0 aromatic carbocycles. The van der Waals surface area contributed by atoms with E-state index in [2.05, 4.69) is 5.32 Å². The molecule has 0 aliphatic rings. The number of thioether (sulfide) groups is 1. The molecule has 0 aromatic rings. The van der Waals surface area contributed by atoms with Crippen LogP contribution < -0.4 is 5.32 Å². The standard InChI is InChI=1S/C6H11F2NO2S/c1-12-3-5(11)9-2-4(10)6(7)8/h4,6,10H,2-3H2,1H3,(H,9,11). The minimum absolute atomic E-state index is 0.218. The molecule has 1 unspecified atom stereocenters. The van der Waals surface area contributed by atoms with E-state index in [4.69, 9.17) is 5.11 Å². The first kappa shape index (κ1) is 11.6. The Kier molecular flexibility index (Phi) is 6.00. The van der Waals surface area contributed by atoms with E-state index in [-0.39, 0.29) is 11.7 Å². The highest BCUT2D eigenvalue weighted by atomic mass is 32.2. The van der Waals surface area contributed by atoms with Gasteiger partial charge >= 0.3 is 0 Å². The lowest BCUT2D eigenvalue weighted by molar-refractivity contribution is -0.119. The summed E-state index contributed by atoms with van der Waals surface area (Å²) in [5.74, 6) is -0.127. The molecule has 0 aromatic heterocycles. The van der Waals surface area contributed by atoms with Gasteiger partial charge in [-0.25, -0.2) is 8.78 Å². The van der Waals surface area contributed by atoms with E-state index in [1.54, 1.807) is 6.26 Å². The Morgan fingerprint density at radius 3 is 2.67 bits per heavy atom. The van der Waals surface area contributed by atoms with Crippen LogP contribution in [-0.4, -0.2) is 42.1 Å². The first-order valence-electron chi connectivity index (χ1n) is 3.29. The summed E-state index contributed by atoms with van der Waals surface area (Å²) in [5, 5.41) is 10.7. The Morgan fingerprint density at radius 2 is 2.25 bits per heavy atom. The maximum Gasteiger partial charge on any atom is 0.265 e. The van der Waals surface area contributed by atoms with E-state index in [9.17, 15) is 13.6 Å². The number of nitrogens with one attached hydrogen (secondary N) is 1. The zero-order valence-electron chi connectivity index (χ0n) is 6.59. The van der Waals surface area contributed by atoms with Crippen LogP contribution in [0.25, 0.3) is 0 Å². The topological polar surface area (TPSA) is 49.3 Å². The highest BCUT2D eigenvalue weighted by Gasteiger charge is 2.16. The number of amides is 1. The molecule has 0 saturated carbocycles. The Balaban J connectivity index is 3.47. The number of rotatable bonds is 5. The molecule has 6 heteroatoms. The minimum Gasteiger partial charge on any atom is -0.385 e. The van der Waals surface area contributed by atoms with Crippen molar-refractivity contribution in [2.45, 2.75) is 12.5 Å². The average molecular weight is 199 g/mol. The highest BCUT2D eigenvalue weighted by molar-refractivity contribution is 7.99. The van der Waals surface area contributed by atoms with E-state index >= 15 is 0 Å². The Morgan fingerprint density at radius 1 is 1.67 bits per heavy atom. The van der Waals surface area contributed by atoms with Crippen LogP contribution in [0, 0.1) is 0 Å². The number of aliphatic hydroxyl groups excluding tert-OH is 1. The molecular formula is C6H11F2NO2S. The smallest absolute Gasteiger partial charge is 0.265 e. The molecule has 0 heterocycles. The molecule has 72 valence electrons. The van der Waals surface area contributed by atoms with E-state index in [0.29, 0.717) is 0 Å². The van der Waals surface area contributed by atoms with Gasteiger partial charge in [-0.15, -0.1) is 0 Å². The summed E-state index contributed by atoms with van der Waals surface area (Å²) in [6, 6.07) is 0. The van der Waals surface area contributed by atoms with Crippen molar-refractivity contribution in [3.05, 3.63) is 0 Å². The van der Waals surface area contributed by atoms with Crippen molar-refractivity contribution in [1.29, 1.82) is 0 Å². The van der Waals surface area contributed by atoms with E-state index in [1.807, 2.05) is 0 Å². The van der Waals surface area contributed by atoms with Gasteiger partial charge in [0.05, 0.1) is 5.75 Å². The molecule has 0 saturated heterocycles. The predicted octanol–water partition coefficient (Wildman–Crippen LogP) is 0.0916. The van der Waals surface area contributed by atoms with Crippen molar-refractivity contribution in [2.75, 3.05) is 18.6 Å². The van der Waals surface area contributed by atoms with Crippen molar-refractivity contribution >= 4 is 17.7 Å². The Hall–Kier alpha value is -0.360. The van der Waals surface area contributed by atoms with Crippen LogP contribution in [0.5, 0.6) is 0 Å². The van der Waals surface area contributed by atoms with Gasteiger partial charge in [-0.05, 0) is 6.26 Å². The Labute approximate surface area is 73.5 Å². The number of carbonyl (C=O) groups excluding carboxylic acids is 1. The first-order chi connectivity index (χ1) is 5.57. The second kappa shape index (κ2) is 6.19. The lowest BCUT2D eigenvalue weighted by atomic mass is 10.4. The van der Waals surface area contributed by atoms with Gasteiger partial charge in [-0.3, -0.25) is 4.79 Å². The van der Waals surface area contributed by atoms with E-state index < -0.39 is 19.1 Å². The third-order valence-corrected chi connectivity index (χ3v) is 1.63. The molecule has 0 radical (unpaired) electrons. The quantitative estimate of drug-likeness (QED) is 0.660. The fourth-order valence-corrected chi connectivity index (χ4v) is 0.854. The number of aliphatic hydroxyl groups is 1. The van der Waals surface area contributed by atoms with Crippen LogP contribution in [0.1, 0.15) is 0 Å².